The monoisotopic (exact) mass is 588 g/mol. The van der Waals surface area contributed by atoms with E-state index in [9.17, 15) is 14.4 Å². The zero-order valence-electron chi connectivity index (χ0n) is 22.4. The summed E-state index contributed by atoms with van der Waals surface area (Å²) in [4.78, 5) is 38.6. The first-order valence-corrected chi connectivity index (χ1v) is 12.7. The topological polar surface area (TPSA) is 111 Å². The molecular weight excluding hydrogens is 563 g/mol. The second-order valence-electron chi connectivity index (χ2n) is 9.69. The van der Waals surface area contributed by atoms with E-state index >= 15 is 0 Å². The van der Waals surface area contributed by atoms with Crippen LogP contribution in [0.2, 0.25) is 10.0 Å². The van der Waals surface area contributed by atoms with Crippen molar-refractivity contribution >= 4 is 46.1 Å². The van der Waals surface area contributed by atoms with Crippen molar-refractivity contribution < 1.29 is 37.7 Å². The molecule has 4 rings (SSSR count). The molecule has 0 radical (unpaired) electrons. The third kappa shape index (κ3) is 6.23. The number of benzene rings is 3. The van der Waals surface area contributed by atoms with Gasteiger partial charge in [-0.15, -0.1) is 0 Å². The Bertz CT molecular complexity index is 1620. The van der Waals surface area contributed by atoms with Gasteiger partial charge in [0.05, 0.1) is 21.2 Å². The molecule has 0 amide bonds. The minimum Gasteiger partial charge on any atom is -0.466 e. The zero-order chi connectivity index (χ0) is 29.2. The minimum atomic E-state index is -0.762. The van der Waals surface area contributed by atoms with Gasteiger partial charge < -0.3 is 28.1 Å². The lowest BCUT2D eigenvalue weighted by molar-refractivity contribution is -0.0124. The van der Waals surface area contributed by atoms with Crippen LogP contribution in [-0.2, 0) is 18.9 Å². The van der Waals surface area contributed by atoms with E-state index in [-0.39, 0.29) is 46.3 Å². The molecule has 0 saturated heterocycles. The number of carbonyl (C=O) groups excluding carboxylic acids is 2. The van der Waals surface area contributed by atoms with Crippen molar-refractivity contribution in [3.8, 4) is 28.2 Å². The molecule has 1 aliphatic carbocycles. The highest BCUT2D eigenvalue weighted by Crippen LogP contribution is 2.44. The molecule has 11 heteroatoms. The van der Waals surface area contributed by atoms with Crippen molar-refractivity contribution in [2.24, 2.45) is 0 Å². The van der Waals surface area contributed by atoms with Crippen LogP contribution in [-0.4, -0.2) is 45.3 Å². The number of esters is 2. The number of fused-ring (bicyclic) bond motifs is 2. The summed E-state index contributed by atoms with van der Waals surface area (Å²) in [6.07, 6.45) is 0. The number of halogens is 2. The largest absolute Gasteiger partial charge is 0.466 e. The lowest BCUT2D eigenvalue weighted by Gasteiger charge is -2.21. The summed E-state index contributed by atoms with van der Waals surface area (Å²) in [7, 11) is 2.84. The number of methoxy groups -OCH3 is 2. The molecule has 2 aromatic carbocycles. The van der Waals surface area contributed by atoms with Gasteiger partial charge in [0, 0.05) is 42.9 Å². The summed E-state index contributed by atoms with van der Waals surface area (Å²) >= 11 is 12.8. The van der Waals surface area contributed by atoms with Gasteiger partial charge in [0.2, 0.25) is 5.43 Å². The maximum absolute atomic E-state index is 13.3. The first kappa shape index (κ1) is 29.4. The Morgan fingerprint density at radius 2 is 1.60 bits per heavy atom. The summed E-state index contributed by atoms with van der Waals surface area (Å²) in [5, 5.41) is 0.659. The van der Waals surface area contributed by atoms with E-state index in [2.05, 4.69) is 0 Å². The van der Waals surface area contributed by atoms with Gasteiger partial charge in [0.25, 0.3) is 0 Å². The number of carbonyl (C=O) groups is 2. The zero-order valence-corrected chi connectivity index (χ0v) is 23.9. The summed E-state index contributed by atoms with van der Waals surface area (Å²) in [5.41, 5.74) is 0.489. The fraction of sp³-hybridized carbons (Fsp3) is 0.276. The molecule has 0 fully saturated rings. The second-order valence-corrected chi connectivity index (χ2v) is 10.5. The second kappa shape index (κ2) is 11.9. The molecule has 9 nitrogen and oxygen atoms in total. The summed E-state index contributed by atoms with van der Waals surface area (Å²) in [6, 6.07) is 10.3. The molecule has 0 saturated carbocycles. The van der Waals surface area contributed by atoms with Gasteiger partial charge in [-0.25, -0.2) is 9.59 Å². The first-order valence-electron chi connectivity index (χ1n) is 12.0. The minimum absolute atomic E-state index is 0.0346. The third-order valence-electron chi connectivity index (χ3n) is 5.61. The Morgan fingerprint density at radius 3 is 2.27 bits per heavy atom. The Morgan fingerprint density at radius 1 is 0.875 bits per heavy atom. The van der Waals surface area contributed by atoms with Crippen LogP contribution in [0.25, 0.3) is 33.4 Å². The standard InChI is InChI=1S/C29H26Cl2O9/c1-29(2,3)40-27(33)15-6-7-16(17(8-15)28(34)38-14-36-5)26-18-9-20(30)22(32)11-23(18)39-24-12-25(37-13-35-4)21(31)10-19(24)26/h6-12H,13-14H2,1-5H3. The predicted molar refractivity (Wildman–Crippen MR) is 150 cm³/mol. The molecule has 0 bridgehead atoms. The van der Waals surface area contributed by atoms with Crippen molar-refractivity contribution in [3.05, 3.63) is 73.9 Å². The molecule has 1 heterocycles. The molecule has 0 spiro atoms. The average Bonchev–Trinajstić information content (AvgIpc) is 2.89. The van der Waals surface area contributed by atoms with Crippen molar-refractivity contribution in [3.63, 3.8) is 0 Å². The van der Waals surface area contributed by atoms with Crippen LogP contribution in [0, 0.1) is 0 Å². The van der Waals surface area contributed by atoms with Gasteiger partial charge in [-0.05, 0) is 50.6 Å². The smallest absolute Gasteiger partial charge is 0.340 e. The molecular formula is C29H26Cl2O9. The predicted octanol–water partition coefficient (Wildman–Crippen LogP) is 6.57. The molecule has 2 aliphatic rings. The molecule has 40 heavy (non-hydrogen) atoms. The normalized spacial score (nSPS) is 11.6. The summed E-state index contributed by atoms with van der Waals surface area (Å²) in [6.45, 7) is 4.83. The molecule has 210 valence electrons. The summed E-state index contributed by atoms with van der Waals surface area (Å²) < 4.78 is 32.2. The number of rotatable bonds is 8. The van der Waals surface area contributed by atoms with Crippen LogP contribution >= 0.6 is 23.2 Å². The lowest BCUT2D eigenvalue weighted by atomic mass is 9.89. The van der Waals surface area contributed by atoms with E-state index in [1.54, 1.807) is 39.0 Å². The quantitative estimate of drug-likeness (QED) is 0.128. The Kier molecular flexibility index (Phi) is 8.70. The van der Waals surface area contributed by atoms with E-state index in [1.807, 2.05) is 0 Å². The van der Waals surface area contributed by atoms with E-state index < -0.39 is 23.0 Å². The average molecular weight is 589 g/mol. The number of ether oxygens (including phenoxy) is 5. The van der Waals surface area contributed by atoms with E-state index in [0.29, 0.717) is 27.7 Å². The fourth-order valence-electron chi connectivity index (χ4n) is 4.00. The maximum Gasteiger partial charge on any atom is 0.340 e. The Hall–Kier alpha value is -3.63. The molecule has 1 aliphatic heterocycles. The molecule has 2 aromatic rings. The Labute approximate surface area is 239 Å². The molecule has 0 aromatic heterocycles. The van der Waals surface area contributed by atoms with E-state index in [1.165, 1.54) is 38.5 Å². The van der Waals surface area contributed by atoms with Crippen LogP contribution in [0.5, 0.6) is 5.75 Å². The van der Waals surface area contributed by atoms with Crippen molar-refractivity contribution in [1.29, 1.82) is 0 Å². The van der Waals surface area contributed by atoms with Gasteiger partial charge >= 0.3 is 11.9 Å². The van der Waals surface area contributed by atoms with Crippen molar-refractivity contribution in [2.45, 2.75) is 26.4 Å². The van der Waals surface area contributed by atoms with Crippen LogP contribution in [0.4, 0.5) is 0 Å². The van der Waals surface area contributed by atoms with Crippen LogP contribution in [0.3, 0.4) is 0 Å². The SMILES string of the molecule is COCOC(=O)c1cc(C(=O)OC(C)(C)C)ccc1-c1c2cc(Cl)c(=O)cc-2oc2cc(OCOC)c(Cl)cc12. The highest BCUT2D eigenvalue weighted by atomic mass is 35.5. The number of hydrogen-bond donors (Lipinski definition) is 0. The molecule has 0 N–H and O–H groups in total. The van der Waals surface area contributed by atoms with Gasteiger partial charge in [0.15, 0.2) is 13.6 Å². The molecule has 0 unspecified atom stereocenters. The van der Waals surface area contributed by atoms with Crippen molar-refractivity contribution in [2.75, 3.05) is 27.8 Å². The van der Waals surface area contributed by atoms with E-state index in [4.69, 9.17) is 51.3 Å². The van der Waals surface area contributed by atoms with Crippen LogP contribution in [0.15, 0.2) is 51.7 Å². The van der Waals surface area contributed by atoms with E-state index in [0.717, 1.165) is 0 Å². The fourth-order valence-corrected chi connectivity index (χ4v) is 4.38. The van der Waals surface area contributed by atoms with Crippen LogP contribution in [0.1, 0.15) is 41.5 Å². The van der Waals surface area contributed by atoms with Gasteiger partial charge in [-0.3, -0.25) is 4.79 Å². The van der Waals surface area contributed by atoms with Crippen molar-refractivity contribution in [1.82, 2.24) is 0 Å². The third-order valence-corrected chi connectivity index (χ3v) is 6.20. The van der Waals surface area contributed by atoms with Gasteiger partial charge in [-0.2, -0.15) is 0 Å². The van der Waals surface area contributed by atoms with Crippen LogP contribution < -0.4 is 10.2 Å². The summed E-state index contributed by atoms with van der Waals surface area (Å²) in [5.74, 6) is -0.910. The highest BCUT2D eigenvalue weighted by molar-refractivity contribution is 6.33. The Balaban J connectivity index is 2.05. The number of hydrogen-bond acceptors (Lipinski definition) is 9. The van der Waals surface area contributed by atoms with Gasteiger partial charge in [0.1, 0.15) is 22.7 Å². The first-order chi connectivity index (χ1) is 18.9. The maximum atomic E-state index is 13.3. The lowest BCUT2D eigenvalue weighted by Crippen LogP contribution is -2.24. The van der Waals surface area contributed by atoms with Gasteiger partial charge in [-0.1, -0.05) is 29.3 Å². The molecule has 0 atom stereocenters. The highest BCUT2D eigenvalue weighted by Gasteiger charge is 2.27.